The van der Waals surface area contributed by atoms with Gasteiger partial charge in [-0.25, -0.2) is 0 Å². The fraction of sp³-hybridized carbons (Fsp3) is 0.455. The van der Waals surface area contributed by atoms with E-state index in [2.05, 4.69) is 6.92 Å². The number of halogens is 1. The Hall–Kier alpha value is -0.930. The van der Waals surface area contributed by atoms with Crippen LogP contribution in [0, 0.1) is 5.92 Å². The van der Waals surface area contributed by atoms with E-state index in [0.29, 0.717) is 11.5 Å². The van der Waals surface area contributed by atoms with Crippen LogP contribution in [0.3, 0.4) is 0 Å². The summed E-state index contributed by atoms with van der Waals surface area (Å²) < 4.78 is 0. The fourth-order valence-electron chi connectivity index (χ4n) is 1.37. The van der Waals surface area contributed by atoms with E-state index >= 15 is 0 Å². The molecule has 1 unspecified atom stereocenters. The Morgan fingerprint density at radius 1 is 1.33 bits per heavy atom. The first-order valence-corrected chi connectivity index (χ1v) is 4.83. The molecule has 3 nitrogen and oxygen atoms in total. The summed E-state index contributed by atoms with van der Waals surface area (Å²) >= 11 is 0. The van der Waals surface area contributed by atoms with Gasteiger partial charge in [0.05, 0.1) is 0 Å². The van der Waals surface area contributed by atoms with E-state index in [9.17, 15) is 5.11 Å². The van der Waals surface area contributed by atoms with Crippen LogP contribution < -0.4 is 5.73 Å². The molecule has 0 bridgehead atoms. The van der Waals surface area contributed by atoms with Gasteiger partial charge in [0, 0.05) is 17.7 Å². The molecule has 0 aromatic heterocycles. The minimum atomic E-state index is -0.180. The molecule has 0 amide bonds. The molecule has 86 valence electrons. The summed E-state index contributed by atoms with van der Waals surface area (Å²) in [5.41, 5.74) is 6.65. The largest absolute Gasteiger partial charge is 0.508 e. The number of aromatic hydroxyl groups is 2. The van der Waals surface area contributed by atoms with Crippen LogP contribution >= 0.6 is 12.4 Å². The minimum Gasteiger partial charge on any atom is -0.508 e. The highest BCUT2D eigenvalue weighted by atomic mass is 35.5. The molecule has 0 radical (unpaired) electrons. The van der Waals surface area contributed by atoms with Crippen LogP contribution in [-0.2, 0) is 0 Å². The lowest BCUT2D eigenvalue weighted by Crippen LogP contribution is -2.18. The second-order valence-corrected chi connectivity index (χ2v) is 3.65. The summed E-state index contributed by atoms with van der Waals surface area (Å²) in [7, 11) is 0. The lowest BCUT2D eigenvalue weighted by molar-refractivity contribution is 0.412. The van der Waals surface area contributed by atoms with Gasteiger partial charge in [-0.15, -0.1) is 12.4 Å². The summed E-state index contributed by atoms with van der Waals surface area (Å²) in [6.07, 6.45) is 0.960. The topological polar surface area (TPSA) is 66.5 Å². The normalized spacial score (nSPS) is 14.1. The summed E-state index contributed by atoms with van der Waals surface area (Å²) in [4.78, 5) is 0. The van der Waals surface area contributed by atoms with E-state index < -0.39 is 0 Å². The quantitative estimate of drug-likeness (QED) is 0.749. The number of phenols is 2. The van der Waals surface area contributed by atoms with Gasteiger partial charge < -0.3 is 15.9 Å². The molecule has 0 spiro atoms. The molecule has 0 aliphatic carbocycles. The van der Waals surface area contributed by atoms with Crippen LogP contribution in [0.15, 0.2) is 18.2 Å². The zero-order valence-electron chi connectivity index (χ0n) is 8.97. The van der Waals surface area contributed by atoms with Gasteiger partial charge in [0.25, 0.3) is 0 Å². The lowest BCUT2D eigenvalue weighted by Gasteiger charge is -2.19. The molecular weight excluding hydrogens is 214 g/mol. The first-order chi connectivity index (χ1) is 6.56. The second-order valence-electron chi connectivity index (χ2n) is 3.65. The Morgan fingerprint density at radius 2 is 1.93 bits per heavy atom. The van der Waals surface area contributed by atoms with Crippen molar-refractivity contribution in [3.8, 4) is 11.5 Å². The van der Waals surface area contributed by atoms with Gasteiger partial charge >= 0.3 is 0 Å². The number of nitrogens with two attached hydrogens (primary N) is 1. The van der Waals surface area contributed by atoms with Crippen molar-refractivity contribution < 1.29 is 10.2 Å². The molecule has 4 N–H and O–H groups in total. The van der Waals surface area contributed by atoms with Gasteiger partial charge in [-0.1, -0.05) is 26.3 Å². The predicted molar refractivity (Wildman–Crippen MR) is 63.4 cm³/mol. The first kappa shape index (κ1) is 14.1. The van der Waals surface area contributed by atoms with Gasteiger partial charge in [-0.05, 0) is 12.0 Å². The van der Waals surface area contributed by atoms with E-state index in [0.717, 1.165) is 6.42 Å². The molecule has 2 atom stereocenters. The average molecular weight is 232 g/mol. The van der Waals surface area contributed by atoms with Crippen LogP contribution in [0.2, 0.25) is 0 Å². The fourth-order valence-corrected chi connectivity index (χ4v) is 1.37. The predicted octanol–water partition coefficient (Wildman–Crippen LogP) is 2.57. The molecule has 0 fully saturated rings. The highest BCUT2D eigenvalue weighted by Crippen LogP contribution is 2.31. The first-order valence-electron chi connectivity index (χ1n) is 4.83. The number of hydrogen-bond donors (Lipinski definition) is 3. The third-order valence-corrected chi connectivity index (χ3v) is 2.63. The number of hydrogen-bond acceptors (Lipinski definition) is 3. The lowest BCUT2D eigenvalue weighted by atomic mass is 9.93. The van der Waals surface area contributed by atoms with Crippen LogP contribution in [0.25, 0.3) is 0 Å². The maximum atomic E-state index is 9.57. The van der Waals surface area contributed by atoms with Crippen molar-refractivity contribution in [2.75, 3.05) is 0 Å². The molecule has 0 saturated carbocycles. The molecule has 1 aromatic carbocycles. The van der Waals surface area contributed by atoms with Gasteiger partial charge in [0.2, 0.25) is 0 Å². The van der Waals surface area contributed by atoms with Crippen molar-refractivity contribution in [3.63, 3.8) is 0 Å². The Kier molecular flexibility index (Phi) is 5.47. The molecule has 15 heavy (non-hydrogen) atoms. The second kappa shape index (κ2) is 5.83. The Labute approximate surface area is 96.3 Å². The van der Waals surface area contributed by atoms with E-state index in [1.165, 1.54) is 12.1 Å². The van der Waals surface area contributed by atoms with Gasteiger partial charge in [0.15, 0.2) is 0 Å². The van der Waals surface area contributed by atoms with Crippen molar-refractivity contribution in [1.29, 1.82) is 0 Å². The van der Waals surface area contributed by atoms with Crippen molar-refractivity contribution in [3.05, 3.63) is 23.8 Å². The molecule has 1 rings (SSSR count). The van der Waals surface area contributed by atoms with Crippen molar-refractivity contribution in [1.82, 2.24) is 0 Å². The highest BCUT2D eigenvalue weighted by Gasteiger charge is 2.16. The van der Waals surface area contributed by atoms with Crippen LogP contribution in [-0.4, -0.2) is 10.2 Å². The van der Waals surface area contributed by atoms with Crippen LogP contribution in [0.4, 0.5) is 0 Å². The van der Waals surface area contributed by atoms with Crippen LogP contribution in [0.5, 0.6) is 11.5 Å². The van der Waals surface area contributed by atoms with Gasteiger partial charge in [-0.2, -0.15) is 0 Å². The number of rotatable bonds is 3. The van der Waals surface area contributed by atoms with Crippen molar-refractivity contribution >= 4 is 12.4 Å². The molecule has 4 heteroatoms. The van der Waals surface area contributed by atoms with Gasteiger partial charge in [-0.3, -0.25) is 0 Å². The SMILES string of the molecule is CCC(C)[C@@H](N)c1ccc(O)cc1O.Cl. The van der Waals surface area contributed by atoms with Gasteiger partial charge in [0.1, 0.15) is 11.5 Å². The highest BCUT2D eigenvalue weighted by molar-refractivity contribution is 5.85. The average Bonchev–Trinajstić information content (AvgIpc) is 2.15. The zero-order chi connectivity index (χ0) is 10.7. The van der Waals surface area contributed by atoms with Crippen molar-refractivity contribution in [2.45, 2.75) is 26.3 Å². The standard InChI is InChI=1S/C11H17NO2.ClH/c1-3-7(2)11(12)9-5-4-8(13)6-10(9)14;/h4-7,11,13-14H,3,12H2,1-2H3;1H/t7?,11-;/m1./s1. The summed E-state index contributed by atoms with van der Waals surface area (Å²) in [6, 6.07) is 4.34. The summed E-state index contributed by atoms with van der Waals surface area (Å²) in [5.74, 6) is 0.436. The molecule has 0 saturated heterocycles. The maximum absolute atomic E-state index is 9.57. The number of phenolic OH excluding ortho intramolecular Hbond substituents is 2. The molecular formula is C11H18ClNO2. The third-order valence-electron chi connectivity index (χ3n) is 2.63. The van der Waals surface area contributed by atoms with Crippen LogP contribution in [0.1, 0.15) is 31.9 Å². The summed E-state index contributed by atoms with van der Waals surface area (Å²) in [5, 5.41) is 18.7. The van der Waals surface area contributed by atoms with E-state index in [-0.39, 0.29) is 29.9 Å². The molecule has 0 aliphatic rings. The molecule has 1 aromatic rings. The Balaban J connectivity index is 0.00000196. The van der Waals surface area contributed by atoms with E-state index in [4.69, 9.17) is 10.8 Å². The minimum absolute atomic E-state index is 0. The van der Waals surface area contributed by atoms with Crippen molar-refractivity contribution in [2.24, 2.45) is 11.7 Å². The smallest absolute Gasteiger partial charge is 0.124 e. The maximum Gasteiger partial charge on any atom is 0.124 e. The summed E-state index contributed by atoms with van der Waals surface area (Å²) in [6.45, 7) is 4.10. The Bertz CT molecular complexity index is 317. The number of benzene rings is 1. The zero-order valence-corrected chi connectivity index (χ0v) is 9.79. The van der Waals surface area contributed by atoms with E-state index in [1.807, 2.05) is 6.92 Å². The third kappa shape index (κ3) is 3.29. The Morgan fingerprint density at radius 3 is 2.40 bits per heavy atom. The van der Waals surface area contributed by atoms with E-state index in [1.54, 1.807) is 6.07 Å². The molecule has 0 aliphatic heterocycles. The monoisotopic (exact) mass is 231 g/mol. The molecule has 0 heterocycles.